The van der Waals surface area contributed by atoms with Crippen LogP contribution < -0.4 is 20.3 Å². The Balaban J connectivity index is 0.000000782. The quantitative estimate of drug-likeness (QED) is 0.319. The van der Waals surface area contributed by atoms with Crippen molar-refractivity contribution in [3.8, 4) is 0 Å². The van der Waals surface area contributed by atoms with E-state index in [0.717, 1.165) is 31.5 Å². The number of nitrogens with one attached hydrogen (secondary N) is 3. The summed E-state index contributed by atoms with van der Waals surface area (Å²) in [6.45, 7) is 7.41. The number of sulfonamides is 1. The van der Waals surface area contributed by atoms with Crippen molar-refractivity contribution in [2.45, 2.75) is 37.8 Å². The number of hydrogen-bond donors (Lipinski definition) is 4. The maximum Gasteiger partial charge on any atom is 0.490 e. The molecular formula is C27H36F3N5O6S. The zero-order valence-corrected chi connectivity index (χ0v) is 24.4. The molecule has 0 radical (unpaired) electrons. The summed E-state index contributed by atoms with van der Waals surface area (Å²) in [5.74, 6) is -3.36. The molecule has 0 spiro atoms. The lowest BCUT2D eigenvalue weighted by atomic mass is 10.1. The van der Waals surface area contributed by atoms with Gasteiger partial charge in [0.1, 0.15) is 0 Å². The number of benzene rings is 2. The fraction of sp³-hybridized carbons (Fsp3) is 0.444. The number of piperazine rings is 1. The van der Waals surface area contributed by atoms with Crippen molar-refractivity contribution in [2.24, 2.45) is 0 Å². The molecule has 1 aliphatic heterocycles. The number of amides is 2. The number of alkyl halides is 3. The van der Waals surface area contributed by atoms with E-state index in [4.69, 9.17) is 9.90 Å². The second-order valence-corrected chi connectivity index (χ2v) is 11.1. The molecule has 1 heterocycles. The van der Waals surface area contributed by atoms with E-state index in [9.17, 15) is 31.2 Å². The molecule has 0 bridgehead atoms. The van der Waals surface area contributed by atoms with Gasteiger partial charge in [-0.15, -0.1) is 0 Å². The number of nitrogens with zero attached hydrogens (tertiary/aromatic N) is 2. The number of carboxylic acid groups (broad SMARTS) is 1. The van der Waals surface area contributed by atoms with Gasteiger partial charge in [-0.1, -0.05) is 26.0 Å². The van der Waals surface area contributed by atoms with Crippen LogP contribution in [0.25, 0.3) is 0 Å². The number of halogens is 3. The average Bonchev–Trinajstić information content (AvgIpc) is 2.95. The Morgan fingerprint density at radius 1 is 1.05 bits per heavy atom. The molecule has 2 amide bonds. The van der Waals surface area contributed by atoms with Gasteiger partial charge in [0, 0.05) is 45.3 Å². The highest BCUT2D eigenvalue weighted by Crippen LogP contribution is 2.30. The van der Waals surface area contributed by atoms with Crippen molar-refractivity contribution >= 4 is 39.2 Å². The molecular weight excluding hydrogens is 579 g/mol. The van der Waals surface area contributed by atoms with Crippen LogP contribution in [0.2, 0.25) is 0 Å². The van der Waals surface area contributed by atoms with Gasteiger partial charge in [-0.3, -0.25) is 14.3 Å². The third-order valence-electron chi connectivity index (χ3n) is 6.13. The third-order valence-corrected chi connectivity index (χ3v) is 7.51. The van der Waals surface area contributed by atoms with E-state index >= 15 is 0 Å². The van der Waals surface area contributed by atoms with Crippen molar-refractivity contribution in [3.05, 3.63) is 53.6 Å². The van der Waals surface area contributed by atoms with Crippen LogP contribution >= 0.6 is 0 Å². The van der Waals surface area contributed by atoms with Crippen LogP contribution in [-0.4, -0.2) is 88.7 Å². The maximum atomic E-state index is 13.2. The number of carbonyl (C=O) groups is 3. The van der Waals surface area contributed by atoms with Gasteiger partial charge in [-0.05, 0) is 48.7 Å². The minimum atomic E-state index is -5.08. The normalized spacial score (nSPS) is 13.4. The first-order chi connectivity index (χ1) is 19.7. The molecule has 232 valence electrons. The van der Waals surface area contributed by atoms with Crippen LogP contribution in [0.5, 0.6) is 0 Å². The minimum Gasteiger partial charge on any atom is -0.475 e. The lowest BCUT2D eigenvalue weighted by Gasteiger charge is -2.31. The lowest BCUT2D eigenvalue weighted by Crippen LogP contribution is -2.44. The first-order valence-electron chi connectivity index (χ1n) is 13.2. The van der Waals surface area contributed by atoms with Crippen molar-refractivity contribution in [3.63, 3.8) is 0 Å². The lowest BCUT2D eigenvalue weighted by molar-refractivity contribution is -0.192. The average molecular weight is 616 g/mol. The number of anilines is 2. The zero-order valence-electron chi connectivity index (χ0n) is 23.6. The summed E-state index contributed by atoms with van der Waals surface area (Å²) in [4.78, 5) is 37.6. The minimum absolute atomic E-state index is 0.0801. The highest BCUT2D eigenvalue weighted by molar-refractivity contribution is 7.92. The van der Waals surface area contributed by atoms with E-state index in [-0.39, 0.29) is 23.3 Å². The van der Waals surface area contributed by atoms with E-state index in [1.807, 2.05) is 13.8 Å². The monoisotopic (exact) mass is 615 g/mol. The van der Waals surface area contributed by atoms with E-state index < -0.39 is 22.2 Å². The van der Waals surface area contributed by atoms with Gasteiger partial charge >= 0.3 is 12.1 Å². The Labute approximate surface area is 243 Å². The first-order valence-corrected chi connectivity index (χ1v) is 14.7. The van der Waals surface area contributed by atoms with E-state index in [1.165, 1.54) is 4.90 Å². The summed E-state index contributed by atoms with van der Waals surface area (Å²) < 4.78 is 60.9. The van der Waals surface area contributed by atoms with Crippen LogP contribution in [0.15, 0.2) is 47.4 Å². The molecule has 4 N–H and O–H groups in total. The van der Waals surface area contributed by atoms with Gasteiger partial charge in [0.15, 0.2) is 0 Å². The number of carbonyl (C=O) groups excluding carboxylic acids is 2. The van der Waals surface area contributed by atoms with Crippen LogP contribution in [0.3, 0.4) is 0 Å². The smallest absolute Gasteiger partial charge is 0.475 e. The largest absolute Gasteiger partial charge is 0.490 e. The predicted octanol–water partition coefficient (Wildman–Crippen LogP) is 2.69. The molecule has 2 aromatic carbocycles. The van der Waals surface area contributed by atoms with Crippen molar-refractivity contribution in [1.82, 2.24) is 15.5 Å². The molecule has 0 atom stereocenters. The zero-order chi connectivity index (χ0) is 31.5. The van der Waals surface area contributed by atoms with Gasteiger partial charge < -0.3 is 25.5 Å². The van der Waals surface area contributed by atoms with Gasteiger partial charge in [-0.25, -0.2) is 13.2 Å². The fourth-order valence-corrected chi connectivity index (χ4v) is 4.93. The summed E-state index contributed by atoms with van der Waals surface area (Å²) in [6.07, 6.45) is -3.46. The Bertz CT molecular complexity index is 1330. The summed E-state index contributed by atoms with van der Waals surface area (Å²) in [5.41, 5.74) is 2.39. The molecule has 2 aromatic rings. The van der Waals surface area contributed by atoms with Crippen LogP contribution in [-0.2, 0) is 26.0 Å². The molecule has 1 fully saturated rings. The fourth-order valence-electron chi connectivity index (χ4n) is 3.87. The molecule has 0 unspecified atom stereocenters. The Morgan fingerprint density at radius 2 is 1.64 bits per heavy atom. The Kier molecular flexibility index (Phi) is 12.6. The van der Waals surface area contributed by atoms with E-state index in [2.05, 4.69) is 20.3 Å². The van der Waals surface area contributed by atoms with Crippen molar-refractivity contribution < 1.29 is 41.1 Å². The molecule has 0 aliphatic carbocycles. The molecule has 11 nitrogen and oxygen atoms in total. The molecule has 3 rings (SSSR count). The summed E-state index contributed by atoms with van der Waals surface area (Å²) in [5, 5.41) is 13.2. The van der Waals surface area contributed by atoms with Crippen molar-refractivity contribution in [2.75, 3.05) is 55.9 Å². The molecule has 0 aromatic heterocycles. The van der Waals surface area contributed by atoms with Gasteiger partial charge in [0.25, 0.3) is 15.9 Å². The topological polar surface area (TPSA) is 148 Å². The number of likely N-dealkylation sites (N-methyl/N-ethyl adjacent to an activating group) is 1. The Hall–Kier alpha value is -3.85. The second-order valence-electron chi connectivity index (χ2n) is 9.39. The van der Waals surface area contributed by atoms with Crippen molar-refractivity contribution in [1.29, 1.82) is 0 Å². The number of rotatable bonds is 10. The van der Waals surface area contributed by atoms with E-state index in [1.54, 1.807) is 49.5 Å². The van der Waals surface area contributed by atoms with E-state index in [0.29, 0.717) is 36.6 Å². The molecule has 1 aliphatic rings. The maximum absolute atomic E-state index is 13.2. The molecule has 1 saturated heterocycles. The molecule has 0 saturated carbocycles. The van der Waals surface area contributed by atoms with Crippen LogP contribution in [0, 0.1) is 0 Å². The number of aliphatic carboxylic acids is 1. The summed E-state index contributed by atoms with van der Waals surface area (Å²) in [6, 6.07) is 11.8. The number of carboxylic acids is 1. The summed E-state index contributed by atoms with van der Waals surface area (Å²) in [7, 11) is -2.32. The predicted molar refractivity (Wildman–Crippen MR) is 152 cm³/mol. The first kappa shape index (κ1) is 34.4. The highest BCUT2D eigenvalue weighted by atomic mass is 32.2. The molecule has 15 heteroatoms. The Morgan fingerprint density at radius 3 is 2.17 bits per heavy atom. The van der Waals surface area contributed by atoms with Crippen LogP contribution in [0.4, 0.5) is 24.5 Å². The number of aryl methyl sites for hydroxylation is 1. The van der Waals surface area contributed by atoms with Gasteiger partial charge in [0.05, 0.1) is 22.8 Å². The second kappa shape index (κ2) is 15.4. The third kappa shape index (κ3) is 10.2. The van der Waals surface area contributed by atoms with Gasteiger partial charge in [-0.2, -0.15) is 13.2 Å². The van der Waals surface area contributed by atoms with Crippen LogP contribution in [0.1, 0.15) is 36.2 Å². The van der Waals surface area contributed by atoms with Gasteiger partial charge in [0.2, 0.25) is 5.91 Å². The SMILES string of the molecule is CCCNC(=O)CN(C)C(=O)c1ccc(N2CCNCC2)c(NS(=O)(=O)c2ccc(CC)cc2)c1.O=C(O)C(F)(F)F. The summed E-state index contributed by atoms with van der Waals surface area (Å²) >= 11 is 0. The molecule has 42 heavy (non-hydrogen) atoms. The highest BCUT2D eigenvalue weighted by Gasteiger charge is 2.38. The number of hydrogen-bond acceptors (Lipinski definition) is 7. The standard InChI is InChI=1S/C25H35N5O4S.C2HF3O2/c1-4-12-27-24(31)18-29(3)25(32)20-8-11-23(30-15-13-26-14-16-30)22(17-20)28-35(33,34)21-9-6-19(5-2)7-10-21;3-2(4,5)1(6)7/h6-11,17,26,28H,4-5,12-16,18H2,1-3H3,(H,27,31);(H,6,7).